The van der Waals surface area contributed by atoms with Gasteiger partial charge in [0.15, 0.2) is 0 Å². The first-order valence-electron chi connectivity index (χ1n) is 12.2. The predicted molar refractivity (Wildman–Crippen MR) is 120 cm³/mol. The van der Waals surface area contributed by atoms with Crippen molar-refractivity contribution in [2.45, 2.75) is 106 Å². The van der Waals surface area contributed by atoms with E-state index in [2.05, 4.69) is 48.5 Å². The third kappa shape index (κ3) is 6.77. The van der Waals surface area contributed by atoms with Crippen molar-refractivity contribution in [1.29, 1.82) is 0 Å². The molecule has 3 heteroatoms. The highest BCUT2D eigenvalue weighted by Crippen LogP contribution is 2.52. The van der Waals surface area contributed by atoms with Crippen LogP contribution in [0.3, 0.4) is 0 Å². The van der Waals surface area contributed by atoms with Crippen molar-refractivity contribution in [3.8, 4) is 0 Å². The lowest BCUT2D eigenvalue weighted by molar-refractivity contribution is -0.00737. The molecule has 0 heterocycles. The zero-order chi connectivity index (χ0) is 20.6. The molecule has 1 saturated carbocycles. The monoisotopic (exact) mass is 380 g/mol. The SMILES string of the molecule is CCCC1C(C)CC(C(CB(O)O)C(CCC)C(C)CC)C(C)C1CCC. The topological polar surface area (TPSA) is 40.5 Å². The summed E-state index contributed by atoms with van der Waals surface area (Å²) < 4.78 is 0. The molecule has 0 aromatic rings. The Morgan fingerprint density at radius 3 is 2.00 bits per heavy atom. The zero-order valence-corrected chi connectivity index (χ0v) is 19.5. The summed E-state index contributed by atoms with van der Waals surface area (Å²) in [6, 6.07) is 0. The Balaban J connectivity index is 3.18. The van der Waals surface area contributed by atoms with Crippen molar-refractivity contribution >= 4 is 7.12 Å². The largest absolute Gasteiger partial charge is 0.451 e. The summed E-state index contributed by atoms with van der Waals surface area (Å²) in [6.07, 6.45) is 10.7. The maximum Gasteiger partial charge on any atom is 0.451 e. The van der Waals surface area contributed by atoms with E-state index in [9.17, 15) is 10.0 Å². The molecule has 0 aromatic carbocycles. The van der Waals surface area contributed by atoms with Gasteiger partial charge in [-0.3, -0.25) is 0 Å². The van der Waals surface area contributed by atoms with Crippen molar-refractivity contribution < 1.29 is 10.0 Å². The van der Waals surface area contributed by atoms with Gasteiger partial charge in [0.2, 0.25) is 0 Å². The fraction of sp³-hybridized carbons (Fsp3) is 1.00. The van der Waals surface area contributed by atoms with E-state index in [0.29, 0.717) is 35.9 Å². The Labute approximate surface area is 171 Å². The number of rotatable bonds is 12. The van der Waals surface area contributed by atoms with Gasteiger partial charge >= 0.3 is 7.12 Å². The van der Waals surface area contributed by atoms with Crippen LogP contribution in [0.4, 0.5) is 0 Å². The molecule has 1 aliphatic rings. The third-order valence-corrected chi connectivity index (χ3v) is 8.10. The highest BCUT2D eigenvalue weighted by molar-refractivity contribution is 6.41. The Kier molecular flexibility index (Phi) is 11.6. The van der Waals surface area contributed by atoms with E-state index in [0.717, 1.165) is 17.8 Å². The van der Waals surface area contributed by atoms with E-state index in [1.165, 1.54) is 51.4 Å². The smallest absolute Gasteiger partial charge is 0.427 e. The average Bonchev–Trinajstić information content (AvgIpc) is 2.63. The van der Waals surface area contributed by atoms with Gasteiger partial charge in [0.25, 0.3) is 0 Å². The van der Waals surface area contributed by atoms with Crippen LogP contribution >= 0.6 is 0 Å². The lowest BCUT2D eigenvalue weighted by Gasteiger charge is -2.50. The summed E-state index contributed by atoms with van der Waals surface area (Å²) in [5.41, 5.74) is 0. The van der Waals surface area contributed by atoms with E-state index in [-0.39, 0.29) is 0 Å². The van der Waals surface area contributed by atoms with Gasteiger partial charge in [-0.1, -0.05) is 93.4 Å². The second-order valence-corrected chi connectivity index (χ2v) is 9.86. The molecule has 1 rings (SSSR count). The molecule has 0 spiro atoms. The third-order valence-electron chi connectivity index (χ3n) is 8.10. The molecule has 0 bridgehead atoms. The van der Waals surface area contributed by atoms with Crippen molar-refractivity contribution in [3.63, 3.8) is 0 Å². The zero-order valence-electron chi connectivity index (χ0n) is 19.5. The summed E-state index contributed by atoms with van der Waals surface area (Å²) in [5, 5.41) is 19.9. The van der Waals surface area contributed by atoms with Crippen LogP contribution in [0.1, 0.15) is 99.8 Å². The van der Waals surface area contributed by atoms with E-state index >= 15 is 0 Å². The van der Waals surface area contributed by atoms with Gasteiger partial charge in [0, 0.05) is 0 Å². The fourth-order valence-corrected chi connectivity index (χ4v) is 6.62. The molecule has 1 aliphatic carbocycles. The minimum absolute atomic E-state index is 0.444. The van der Waals surface area contributed by atoms with E-state index in [1.807, 2.05) is 0 Å². The molecule has 1 fully saturated rings. The van der Waals surface area contributed by atoms with Gasteiger partial charge in [0.1, 0.15) is 0 Å². The first-order chi connectivity index (χ1) is 12.8. The van der Waals surface area contributed by atoms with E-state index < -0.39 is 7.12 Å². The lowest BCUT2D eigenvalue weighted by Crippen LogP contribution is -2.44. The van der Waals surface area contributed by atoms with Crippen LogP contribution in [-0.4, -0.2) is 17.2 Å². The van der Waals surface area contributed by atoms with Crippen LogP contribution in [-0.2, 0) is 0 Å². The molecule has 0 saturated heterocycles. The summed E-state index contributed by atoms with van der Waals surface area (Å²) >= 11 is 0. The summed E-state index contributed by atoms with van der Waals surface area (Å²) in [6.45, 7) is 16.6. The quantitative estimate of drug-likeness (QED) is 0.372. The van der Waals surface area contributed by atoms with Gasteiger partial charge in [0.05, 0.1) is 0 Å². The molecular weight excluding hydrogens is 331 g/mol. The first kappa shape index (κ1) is 25.0. The second-order valence-electron chi connectivity index (χ2n) is 9.86. The average molecular weight is 380 g/mol. The standard InChI is InChI=1S/C24H49BO2/c1-8-12-20(17(5)11-4)24(16-25(26)27)23-15-18(6)21(13-9-2)22(14-10-3)19(23)7/h17-24,26-27H,8-16H2,1-7H3. The lowest BCUT2D eigenvalue weighted by atomic mass is 9.53. The first-order valence-corrected chi connectivity index (χ1v) is 12.2. The minimum atomic E-state index is -1.17. The van der Waals surface area contributed by atoms with Gasteiger partial charge in [-0.25, -0.2) is 0 Å². The highest BCUT2D eigenvalue weighted by atomic mass is 16.4. The Morgan fingerprint density at radius 1 is 0.926 bits per heavy atom. The highest BCUT2D eigenvalue weighted by Gasteiger charge is 2.45. The molecule has 2 N–H and O–H groups in total. The molecule has 0 radical (unpaired) electrons. The number of hydrogen-bond acceptors (Lipinski definition) is 2. The second kappa shape index (κ2) is 12.5. The van der Waals surface area contributed by atoms with Crippen LogP contribution in [0.5, 0.6) is 0 Å². The normalized spacial score (nSPS) is 32.1. The molecule has 8 atom stereocenters. The maximum atomic E-state index is 9.94. The van der Waals surface area contributed by atoms with Gasteiger partial charge < -0.3 is 10.0 Å². The van der Waals surface area contributed by atoms with Crippen molar-refractivity contribution in [1.82, 2.24) is 0 Å². The van der Waals surface area contributed by atoms with Crippen LogP contribution < -0.4 is 0 Å². The molecular formula is C24H49BO2. The summed E-state index contributed by atoms with van der Waals surface area (Å²) in [7, 11) is -1.17. The van der Waals surface area contributed by atoms with Crippen molar-refractivity contribution in [3.05, 3.63) is 0 Å². The Hall–Kier alpha value is -0.0151. The minimum Gasteiger partial charge on any atom is -0.427 e. The summed E-state index contributed by atoms with van der Waals surface area (Å²) in [4.78, 5) is 0. The van der Waals surface area contributed by atoms with Crippen LogP contribution in [0.2, 0.25) is 6.32 Å². The number of hydrogen-bond donors (Lipinski definition) is 2. The van der Waals surface area contributed by atoms with Crippen LogP contribution in [0.15, 0.2) is 0 Å². The predicted octanol–water partition coefficient (Wildman–Crippen LogP) is 6.66. The Bertz CT molecular complexity index is 387. The molecule has 8 unspecified atom stereocenters. The molecule has 27 heavy (non-hydrogen) atoms. The molecule has 0 aromatic heterocycles. The van der Waals surface area contributed by atoms with E-state index in [1.54, 1.807) is 0 Å². The van der Waals surface area contributed by atoms with Crippen LogP contribution in [0, 0.1) is 47.3 Å². The van der Waals surface area contributed by atoms with Gasteiger partial charge in [-0.15, -0.1) is 0 Å². The maximum absolute atomic E-state index is 9.94. The van der Waals surface area contributed by atoms with E-state index in [4.69, 9.17) is 0 Å². The van der Waals surface area contributed by atoms with Crippen molar-refractivity contribution in [2.24, 2.45) is 47.3 Å². The molecule has 0 amide bonds. The van der Waals surface area contributed by atoms with Gasteiger partial charge in [-0.2, -0.15) is 0 Å². The van der Waals surface area contributed by atoms with Crippen LogP contribution in [0.25, 0.3) is 0 Å². The molecule has 2 nitrogen and oxygen atoms in total. The summed E-state index contributed by atoms with van der Waals surface area (Å²) in [5.74, 6) is 5.48. The fourth-order valence-electron chi connectivity index (χ4n) is 6.62. The van der Waals surface area contributed by atoms with Crippen molar-refractivity contribution in [2.75, 3.05) is 0 Å². The molecule has 0 aliphatic heterocycles. The molecule has 160 valence electrons. The Morgan fingerprint density at radius 2 is 1.52 bits per heavy atom. The van der Waals surface area contributed by atoms with Gasteiger partial charge in [-0.05, 0) is 60.1 Å².